The van der Waals surface area contributed by atoms with Crippen LogP contribution in [-0.2, 0) is 35.8 Å². The zero-order valence-corrected chi connectivity index (χ0v) is 22.6. The van der Waals surface area contributed by atoms with Gasteiger partial charge in [0.05, 0.1) is 0 Å². The van der Waals surface area contributed by atoms with Gasteiger partial charge in [-0.05, 0) is 0 Å². The Morgan fingerprint density at radius 1 is 0.923 bits per heavy atom. The number of carbonyl (C=O) groups is 2. The summed E-state index contributed by atoms with van der Waals surface area (Å²) in [5, 5.41) is 0. The molecule has 0 saturated heterocycles. The van der Waals surface area contributed by atoms with Crippen LogP contribution in [0.25, 0.3) is 0 Å². The second-order valence-corrected chi connectivity index (χ2v) is 8.98. The standard InChI is InChI=1S/2C9H13.2CH3NO.In.Zr.H/c2*1-2-3-6-9-7-4-5-8-9;2*2-1-3;;;/h2*4,7H,2-3,5-6H2,1H3;2*1H,(H2,2,3);;;/q2*-1;;;2*+2;/p-2. The largest absolute Gasteiger partial charge is 2.00 e. The normalized spacial score (nSPS) is 13.0. The van der Waals surface area contributed by atoms with Crippen LogP contribution in [0.4, 0.5) is 0 Å². The van der Waals surface area contributed by atoms with E-state index in [9.17, 15) is 9.59 Å². The molecule has 0 spiro atoms. The fraction of sp³-hybridized carbons (Fsp3) is 0.500. The van der Waals surface area contributed by atoms with Crippen molar-refractivity contribution >= 4 is 36.3 Å². The van der Waals surface area contributed by atoms with Crippen molar-refractivity contribution in [3.05, 3.63) is 47.6 Å². The van der Waals surface area contributed by atoms with Crippen molar-refractivity contribution in [2.45, 2.75) is 65.2 Å². The van der Waals surface area contributed by atoms with E-state index in [2.05, 4.69) is 56.9 Å². The summed E-state index contributed by atoms with van der Waals surface area (Å²) in [6.45, 7) is 4.44. The predicted octanol–water partition coefficient (Wildman–Crippen LogP) is 3.47. The summed E-state index contributed by atoms with van der Waals surface area (Å²) in [7, 11) is 0. The van der Waals surface area contributed by atoms with Crippen LogP contribution >= 0.6 is 0 Å². The summed E-state index contributed by atoms with van der Waals surface area (Å²) >= 11 is -1.35. The minimum Gasteiger partial charge on any atom is 2.00 e. The quantitative estimate of drug-likeness (QED) is 0.255. The molecule has 0 heterocycles. The molecule has 0 atom stereocenters. The van der Waals surface area contributed by atoms with Gasteiger partial charge in [-0.1, -0.05) is 52.4 Å². The van der Waals surface area contributed by atoms with Crippen molar-refractivity contribution in [3.8, 4) is 0 Å². The Kier molecular flexibility index (Phi) is 24.3. The number of rotatable bonds is 10. The minimum absolute atomic E-state index is 0. The van der Waals surface area contributed by atoms with Crippen molar-refractivity contribution in [1.29, 1.82) is 0 Å². The van der Waals surface area contributed by atoms with Gasteiger partial charge in [-0.25, -0.2) is 23.3 Å². The van der Waals surface area contributed by atoms with Crippen molar-refractivity contribution < 1.29 is 35.8 Å². The molecule has 0 fully saturated rings. The third kappa shape index (κ3) is 18.4. The number of hydrogen-bond acceptors (Lipinski definition) is 2. The molecule has 26 heavy (non-hydrogen) atoms. The third-order valence-electron chi connectivity index (χ3n) is 3.50. The van der Waals surface area contributed by atoms with Gasteiger partial charge in [0.25, 0.3) is 0 Å². The average Bonchev–Trinajstić information content (AvgIpc) is 3.33. The first-order valence-electron chi connectivity index (χ1n) is 9.14. The molecule has 2 rings (SSSR count). The Hall–Kier alpha value is -0.347. The van der Waals surface area contributed by atoms with E-state index in [0.29, 0.717) is 12.8 Å². The van der Waals surface area contributed by atoms with Crippen LogP contribution in [0.2, 0.25) is 0 Å². The van der Waals surface area contributed by atoms with Crippen LogP contribution in [0.5, 0.6) is 0 Å². The van der Waals surface area contributed by atoms with Crippen LogP contribution in [-0.4, -0.2) is 36.3 Å². The molecular weight excluding hydrogens is 506 g/mol. The summed E-state index contributed by atoms with van der Waals surface area (Å²) in [4.78, 5) is 18.9. The van der Waals surface area contributed by atoms with E-state index < -0.39 is 23.5 Å². The second-order valence-electron chi connectivity index (χ2n) is 5.64. The Morgan fingerprint density at radius 2 is 1.35 bits per heavy atom. The molecule has 0 saturated carbocycles. The SMILES string of the molecule is CCCCC1=[C-]CC=C1.CCCCC1=[C-]CC=C1.O=C[NH][InH][NH]C=O.[Zr+2]. The number of nitrogens with one attached hydrogen (secondary N) is 2. The molecule has 0 aromatic rings. The number of amides is 2. The van der Waals surface area contributed by atoms with Crippen molar-refractivity contribution in [2.24, 2.45) is 0 Å². The molecule has 2 amide bonds. The average molecular weight is 538 g/mol. The van der Waals surface area contributed by atoms with Crippen LogP contribution in [0.3, 0.4) is 0 Å². The monoisotopic (exact) mass is 536 g/mol. The van der Waals surface area contributed by atoms with Gasteiger partial charge in [0, 0.05) is 0 Å². The van der Waals surface area contributed by atoms with Gasteiger partial charge < -0.3 is 0 Å². The van der Waals surface area contributed by atoms with E-state index in [0.717, 1.165) is 12.8 Å². The fourth-order valence-electron chi connectivity index (χ4n) is 2.12. The third-order valence-corrected chi connectivity index (χ3v) is 5.62. The Morgan fingerprint density at radius 3 is 1.62 bits per heavy atom. The first kappa shape index (κ1) is 27.9. The summed E-state index contributed by atoms with van der Waals surface area (Å²) in [5.41, 5.74) is 2.83. The summed E-state index contributed by atoms with van der Waals surface area (Å²) in [5.74, 6) is 0. The number of allylic oxidation sites excluding steroid dienone is 8. The molecule has 0 aromatic heterocycles. The maximum absolute atomic E-state index is 9.47. The molecule has 0 aromatic carbocycles. The Bertz CT molecular complexity index is 432. The van der Waals surface area contributed by atoms with Gasteiger partial charge in [-0.2, -0.15) is 12.2 Å². The van der Waals surface area contributed by atoms with Gasteiger partial charge in [0.1, 0.15) is 0 Å². The predicted molar refractivity (Wildman–Crippen MR) is 106 cm³/mol. The Labute approximate surface area is 190 Å². The van der Waals surface area contributed by atoms with Gasteiger partial charge in [0.15, 0.2) is 0 Å². The van der Waals surface area contributed by atoms with E-state index in [4.69, 9.17) is 0 Å². The van der Waals surface area contributed by atoms with Crippen LogP contribution in [0.15, 0.2) is 35.5 Å². The van der Waals surface area contributed by atoms with E-state index in [-0.39, 0.29) is 26.2 Å². The smallest absolute Gasteiger partial charge is 2.00 e. The molecule has 2 aliphatic rings. The second kappa shape index (κ2) is 22.7. The first-order chi connectivity index (χ1) is 12.3. The molecule has 6 heteroatoms. The van der Waals surface area contributed by atoms with E-state index >= 15 is 0 Å². The molecule has 0 unspecified atom stereocenters. The maximum atomic E-state index is 9.47. The molecule has 0 radical (unpaired) electrons. The van der Waals surface area contributed by atoms with Crippen molar-refractivity contribution in [2.75, 3.05) is 0 Å². The van der Waals surface area contributed by atoms with Crippen molar-refractivity contribution in [1.82, 2.24) is 6.61 Å². The van der Waals surface area contributed by atoms with Gasteiger partial charge >= 0.3 is 78.7 Å². The van der Waals surface area contributed by atoms with Crippen LogP contribution < -0.4 is 6.61 Å². The van der Waals surface area contributed by atoms with E-state index in [1.165, 1.54) is 49.7 Å². The van der Waals surface area contributed by atoms with Crippen molar-refractivity contribution in [3.63, 3.8) is 0 Å². The van der Waals surface area contributed by atoms with Crippen LogP contribution in [0.1, 0.15) is 65.2 Å². The zero-order valence-electron chi connectivity index (χ0n) is 16.1. The van der Waals surface area contributed by atoms with Gasteiger partial charge in [-0.15, -0.1) is 12.8 Å². The van der Waals surface area contributed by atoms with Crippen LogP contribution in [0, 0.1) is 12.2 Å². The molecule has 2 N–H and O–H groups in total. The first-order valence-corrected chi connectivity index (χ1v) is 13.2. The minimum atomic E-state index is -1.35. The molecular formula is C20H31InN2O2Zr. The van der Waals surface area contributed by atoms with Gasteiger partial charge in [-0.3, -0.25) is 12.2 Å². The molecule has 0 aliphatic heterocycles. The van der Waals surface area contributed by atoms with E-state index in [1.54, 1.807) is 0 Å². The summed E-state index contributed by atoms with van der Waals surface area (Å²) in [6, 6.07) is 0. The molecule has 0 bridgehead atoms. The molecule has 2 aliphatic carbocycles. The number of hydrogen-bond donors (Lipinski definition) is 2. The fourth-order valence-corrected chi connectivity index (χ4v) is 2.93. The zero-order chi connectivity index (χ0) is 18.6. The Balaban J connectivity index is 0. The van der Waals surface area contributed by atoms with E-state index in [1.807, 2.05) is 0 Å². The summed E-state index contributed by atoms with van der Waals surface area (Å²) < 4.78 is 4.87. The maximum Gasteiger partial charge on any atom is 2.00 e. The number of carbonyl (C=O) groups excluding carboxylic acids is 2. The summed E-state index contributed by atoms with van der Waals surface area (Å²) in [6.07, 6.45) is 26.3. The topological polar surface area (TPSA) is 58.2 Å². The number of unbranched alkanes of at least 4 members (excludes halogenated alkanes) is 2. The van der Waals surface area contributed by atoms with Gasteiger partial charge in [0.2, 0.25) is 0 Å². The molecule has 140 valence electrons. The molecule has 4 nitrogen and oxygen atoms in total.